The second kappa shape index (κ2) is 3.97. The number of hydrogen-bond acceptors (Lipinski definition) is 2. The average molecular weight is 193 g/mol. The first-order chi connectivity index (χ1) is 6.40. The number of anilines is 1. The van der Waals surface area contributed by atoms with Crippen molar-refractivity contribution in [3.63, 3.8) is 0 Å². The summed E-state index contributed by atoms with van der Waals surface area (Å²) in [6, 6.07) is 4.45. The van der Waals surface area contributed by atoms with Crippen molar-refractivity contribution in [2.45, 2.75) is 19.8 Å². The molecule has 1 nitrogen and oxygen atoms in total. The molecule has 0 aromatic carbocycles. The lowest BCUT2D eigenvalue weighted by Gasteiger charge is -2.13. The van der Waals surface area contributed by atoms with E-state index in [0.29, 0.717) is 0 Å². The molecule has 1 aliphatic heterocycles. The summed E-state index contributed by atoms with van der Waals surface area (Å²) in [5.74, 6) is 0. The molecular weight excluding hydrogens is 178 g/mol. The van der Waals surface area contributed by atoms with Crippen LogP contribution in [0.2, 0.25) is 0 Å². The lowest BCUT2D eigenvalue weighted by atomic mass is 10.4. The number of hydrogen-bond donors (Lipinski definition) is 0. The first-order valence-corrected chi connectivity index (χ1v) is 5.69. The van der Waals surface area contributed by atoms with Crippen molar-refractivity contribution in [2.75, 3.05) is 18.0 Å². The summed E-state index contributed by atoms with van der Waals surface area (Å²) in [5, 5.41) is 1.44. The zero-order chi connectivity index (χ0) is 9.10. The Hall–Kier alpha value is -0.760. The Morgan fingerprint density at radius 3 is 2.77 bits per heavy atom. The van der Waals surface area contributed by atoms with E-state index in [2.05, 4.69) is 36.1 Å². The lowest BCUT2D eigenvalue weighted by molar-refractivity contribution is 0.949. The van der Waals surface area contributed by atoms with Gasteiger partial charge in [-0.15, -0.1) is 11.3 Å². The van der Waals surface area contributed by atoms with E-state index in [4.69, 9.17) is 0 Å². The minimum absolute atomic E-state index is 1.25. The van der Waals surface area contributed by atoms with Crippen molar-refractivity contribution in [1.82, 2.24) is 0 Å². The fourth-order valence-electron chi connectivity index (χ4n) is 1.70. The van der Waals surface area contributed by atoms with Gasteiger partial charge in [0, 0.05) is 18.0 Å². The zero-order valence-electron chi connectivity index (χ0n) is 7.99. The molecule has 1 aromatic heterocycles. The van der Waals surface area contributed by atoms with Gasteiger partial charge in [-0.25, -0.2) is 0 Å². The van der Waals surface area contributed by atoms with Crippen molar-refractivity contribution in [1.29, 1.82) is 0 Å². The Morgan fingerprint density at radius 2 is 2.08 bits per heavy atom. The summed E-state index contributed by atoms with van der Waals surface area (Å²) in [7, 11) is 0. The molecule has 2 heterocycles. The fourth-order valence-corrected chi connectivity index (χ4v) is 2.73. The lowest BCUT2D eigenvalue weighted by Crippen LogP contribution is -2.15. The van der Waals surface area contributed by atoms with Gasteiger partial charge in [0.1, 0.15) is 0 Å². The first-order valence-electron chi connectivity index (χ1n) is 4.87. The predicted octanol–water partition coefficient (Wildman–Crippen LogP) is 3.38. The second-order valence-corrected chi connectivity index (χ2v) is 4.46. The summed E-state index contributed by atoms with van der Waals surface area (Å²) >= 11 is 1.89. The van der Waals surface area contributed by atoms with Crippen LogP contribution in [-0.2, 0) is 0 Å². The summed E-state index contributed by atoms with van der Waals surface area (Å²) < 4.78 is 0. The molecular formula is C11H15NS. The van der Waals surface area contributed by atoms with E-state index < -0.39 is 0 Å². The molecule has 0 spiro atoms. The van der Waals surface area contributed by atoms with E-state index in [-0.39, 0.29) is 0 Å². The molecule has 70 valence electrons. The maximum Gasteiger partial charge on any atom is 0.0914 e. The molecule has 1 aliphatic rings. The minimum atomic E-state index is 1.25. The molecule has 2 rings (SSSR count). The SMILES string of the molecule is C/C=C/c1ccc(N2CCCC2)s1. The standard InChI is InChI=1S/C11H15NS/c1-2-5-10-6-7-11(13-10)12-8-3-4-9-12/h2,5-7H,3-4,8-9H2,1H3/b5-2+. The quantitative estimate of drug-likeness (QED) is 0.696. The molecule has 0 saturated carbocycles. The Bertz CT molecular complexity index is 295. The second-order valence-electron chi connectivity index (χ2n) is 3.37. The summed E-state index contributed by atoms with van der Waals surface area (Å²) in [6.45, 7) is 4.56. The van der Waals surface area contributed by atoms with Crippen molar-refractivity contribution >= 4 is 22.4 Å². The van der Waals surface area contributed by atoms with Crippen LogP contribution in [0.3, 0.4) is 0 Å². The molecule has 1 fully saturated rings. The van der Waals surface area contributed by atoms with Crippen LogP contribution in [0.15, 0.2) is 18.2 Å². The van der Waals surface area contributed by atoms with Gasteiger partial charge in [0.2, 0.25) is 0 Å². The van der Waals surface area contributed by atoms with Gasteiger partial charge in [0.25, 0.3) is 0 Å². The van der Waals surface area contributed by atoms with Crippen LogP contribution in [-0.4, -0.2) is 13.1 Å². The smallest absolute Gasteiger partial charge is 0.0914 e. The molecule has 0 unspecified atom stereocenters. The Morgan fingerprint density at radius 1 is 1.31 bits per heavy atom. The molecule has 13 heavy (non-hydrogen) atoms. The highest BCUT2D eigenvalue weighted by Gasteiger charge is 2.13. The molecule has 0 bridgehead atoms. The average Bonchev–Trinajstić information content (AvgIpc) is 2.70. The van der Waals surface area contributed by atoms with Crippen LogP contribution in [0.5, 0.6) is 0 Å². The van der Waals surface area contributed by atoms with Crippen LogP contribution in [0.25, 0.3) is 6.08 Å². The molecule has 0 N–H and O–H groups in total. The van der Waals surface area contributed by atoms with Gasteiger partial charge in [-0.05, 0) is 38.0 Å². The van der Waals surface area contributed by atoms with Crippen LogP contribution in [0.4, 0.5) is 5.00 Å². The van der Waals surface area contributed by atoms with Crippen molar-refractivity contribution in [2.24, 2.45) is 0 Å². The van der Waals surface area contributed by atoms with Crippen LogP contribution < -0.4 is 4.90 Å². The Balaban J connectivity index is 2.12. The highest BCUT2D eigenvalue weighted by molar-refractivity contribution is 7.16. The number of allylic oxidation sites excluding steroid dienone is 1. The number of nitrogens with zero attached hydrogens (tertiary/aromatic N) is 1. The molecule has 0 atom stereocenters. The predicted molar refractivity (Wildman–Crippen MR) is 60.5 cm³/mol. The van der Waals surface area contributed by atoms with E-state index in [1.165, 1.54) is 35.8 Å². The van der Waals surface area contributed by atoms with E-state index in [1.54, 1.807) is 0 Å². The van der Waals surface area contributed by atoms with Crippen molar-refractivity contribution in [3.8, 4) is 0 Å². The van der Waals surface area contributed by atoms with Gasteiger partial charge in [0.15, 0.2) is 0 Å². The number of rotatable bonds is 2. The highest BCUT2D eigenvalue weighted by atomic mass is 32.1. The van der Waals surface area contributed by atoms with E-state index in [1.807, 2.05) is 11.3 Å². The largest absolute Gasteiger partial charge is 0.363 e. The molecule has 2 heteroatoms. The molecule has 0 amide bonds. The monoisotopic (exact) mass is 193 g/mol. The first kappa shape index (κ1) is 8.82. The van der Waals surface area contributed by atoms with Gasteiger partial charge in [-0.3, -0.25) is 0 Å². The third-order valence-corrected chi connectivity index (χ3v) is 3.47. The molecule has 0 radical (unpaired) electrons. The Kier molecular flexibility index (Phi) is 2.69. The van der Waals surface area contributed by atoms with E-state index in [9.17, 15) is 0 Å². The summed E-state index contributed by atoms with van der Waals surface area (Å²) in [5.41, 5.74) is 0. The maximum atomic E-state index is 2.48. The third-order valence-electron chi connectivity index (χ3n) is 2.36. The third kappa shape index (κ3) is 1.94. The molecule has 0 aliphatic carbocycles. The topological polar surface area (TPSA) is 3.24 Å². The number of thiophene rings is 1. The highest BCUT2D eigenvalue weighted by Crippen LogP contribution is 2.29. The van der Waals surface area contributed by atoms with Crippen LogP contribution in [0.1, 0.15) is 24.6 Å². The van der Waals surface area contributed by atoms with E-state index >= 15 is 0 Å². The maximum absolute atomic E-state index is 2.48. The van der Waals surface area contributed by atoms with Crippen LogP contribution >= 0.6 is 11.3 Å². The molecule has 1 aromatic rings. The normalized spacial score (nSPS) is 17.5. The minimum Gasteiger partial charge on any atom is -0.363 e. The van der Waals surface area contributed by atoms with E-state index in [0.717, 1.165) is 0 Å². The van der Waals surface area contributed by atoms with Gasteiger partial charge < -0.3 is 4.90 Å². The summed E-state index contributed by atoms with van der Waals surface area (Å²) in [6.07, 6.45) is 6.98. The summed E-state index contributed by atoms with van der Waals surface area (Å²) in [4.78, 5) is 3.85. The van der Waals surface area contributed by atoms with Crippen LogP contribution in [0, 0.1) is 0 Å². The Labute approximate surface area is 83.7 Å². The fraction of sp³-hybridized carbons (Fsp3) is 0.455. The van der Waals surface area contributed by atoms with Crippen molar-refractivity contribution < 1.29 is 0 Å². The zero-order valence-corrected chi connectivity index (χ0v) is 8.81. The van der Waals surface area contributed by atoms with Gasteiger partial charge in [-0.1, -0.05) is 6.08 Å². The van der Waals surface area contributed by atoms with Gasteiger partial charge in [0.05, 0.1) is 5.00 Å². The van der Waals surface area contributed by atoms with Gasteiger partial charge >= 0.3 is 0 Å². The molecule has 1 saturated heterocycles. The van der Waals surface area contributed by atoms with Crippen molar-refractivity contribution in [3.05, 3.63) is 23.1 Å². The van der Waals surface area contributed by atoms with Gasteiger partial charge in [-0.2, -0.15) is 0 Å².